The largest absolute Gasteiger partial charge is 0.310 e. The first-order valence-corrected chi connectivity index (χ1v) is 6.87. The van der Waals surface area contributed by atoms with Crippen LogP contribution >= 0.6 is 0 Å². The maximum atomic E-state index is 11.9. The summed E-state index contributed by atoms with van der Waals surface area (Å²) >= 11 is 0. The van der Waals surface area contributed by atoms with E-state index in [0.717, 1.165) is 24.2 Å². The van der Waals surface area contributed by atoms with Gasteiger partial charge in [-0.05, 0) is 33.7 Å². The normalized spacial score (nSPS) is 12.7. The molecule has 2 N–H and O–H groups in total. The lowest BCUT2D eigenvalue weighted by Crippen LogP contribution is -2.28. The fourth-order valence-corrected chi connectivity index (χ4v) is 2.22. The van der Waals surface area contributed by atoms with Crippen molar-refractivity contribution in [2.75, 3.05) is 6.54 Å². The molecular formula is C14H25N3O. The van der Waals surface area contributed by atoms with E-state index >= 15 is 0 Å². The van der Waals surface area contributed by atoms with Crippen molar-refractivity contribution in [2.24, 2.45) is 0 Å². The minimum Gasteiger partial charge on any atom is -0.310 e. The highest BCUT2D eigenvalue weighted by molar-refractivity contribution is 5.19. The molecule has 1 heterocycles. The first-order chi connectivity index (χ1) is 8.56. The van der Waals surface area contributed by atoms with Crippen molar-refractivity contribution < 1.29 is 0 Å². The fourth-order valence-electron chi connectivity index (χ4n) is 2.22. The smallest absolute Gasteiger partial charge is 0.255 e. The van der Waals surface area contributed by atoms with E-state index in [4.69, 9.17) is 0 Å². The van der Waals surface area contributed by atoms with Crippen LogP contribution in [0.3, 0.4) is 0 Å². The predicted octanol–water partition coefficient (Wildman–Crippen LogP) is 2.62. The zero-order valence-corrected chi connectivity index (χ0v) is 12.0. The van der Waals surface area contributed by atoms with E-state index < -0.39 is 0 Å². The van der Waals surface area contributed by atoms with Gasteiger partial charge in [-0.2, -0.15) is 0 Å². The van der Waals surface area contributed by atoms with Crippen LogP contribution in [0.1, 0.15) is 62.7 Å². The van der Waals surface area contributed by atoms with Crippen molar-refractivity contribution >= 4 is 0 Å². The monoisotopic (exact) mass is 251 g/mol. The highest BCUT2D eigenvalue weighted by Gasteiger charge is 2.13. The first-order valence-electron chi connectivity index (χ1n) is 6.87. The number of aromatic nitrogens is 2. The zero-order valence-electron chi connectivity index (χ0n) is 12.0. The minimum atomic E-state index is -0.0199. The summed E-state index contributed by atoms with van der Waals surface area (Å²) in [6.07, 6.45) is 4.93. The van der Waals surface area contributed by atoms with Crippen molar-refractivity contribution in [2.45, 2.75) is 59.4 Å². The molecule has 18 heavy (non-hydrogen) atoms. The van der Waals surface area contributed by atoms with E-state index in [1.165, 1.54) is 19.3 Å². The Morgan fingerprint density at radius 1 is 1.28 bits per heavy atom. The van der Waals surface area contributed by atoms with Gasteiger partial charge in [-0.25, -0.2) is 4.98 Å². The molecule has 4 heteroatoms. The van der Waals surface area contributed by atoms with Gasteiger partial charge in [-0.3, -0.25) is 4.79 Å². The predicted molar refractivity (Wildman–Crippen MR) is 74.9 cm³/mol. The van der Waals surface area contributed by atoms with E-state index in [9.17, 15) is 4.79 Å². The van der Waals surface area contributed by atoms with Gasteiger partial charge >= 0.3 is 0 Å². The Morgan fingerprint density at radius 2 is 2.00 bits per heavy atom. The van der Waals surface area contributed by atoms with Crippen LogP contribution in [-0.2, 0) is 0 Å². The van der Waals surface area contributed by atoms with Crippen molar-refractivity contribution in [3.05, 3.63) is 27.4 Å². The van der Waals surface area contributed by atoms with Crippen LogP contribution in [-0.4, -0.2) is 16.5 Å². The molecule has 0 aliphatic heterocycles. The summed E-state index contributed by atoms with van der Waals surface area (Å²) in [6.45, 7) is 8.88. The average molecular weight is 251 g/mol. The molecular weight excluding hydrogens is 226 g/mol. The third-order valence-electron chi connectivity index (χ3n) is 3.18. The van der Waals surface area contributed by atoms with Crippen molar-refractivity contribution in [3.63, 3.8) is 0 Å². The van der Waals surface area contributed by atoms with Crippen molar-refractivity contribution in [1.29, 1.82) is 0 Å². The van der Waals surface area contributed by atoms with E-state index in [1.54, 1.807) is 6.92 Å². The van der Waals surface area contributed by atoms with E-state index in [-0.39, 0.29) is 11.6 Å². The first kappa shape index (κ1) is 14.9. The molecule has 0 saturated carbocycles. The summed E-state index contributed by atoms with van der Waals surface area (Å²) in [6, 6.07) is 0.0588. The Hall–Kier alpha value is -1.16. The number of unbranched alkanes of at least 4 members (excludes halogenated alkanes) is 3. The van der Waals surface area contributed by atoms with Gasteiger partial charge in [0.05, 0.1) is 5.56 Å². The van der Waals surface area contributed by atoms with Gasteiger partial charge < -0.3 is 10.3 Å². The topological polar surface area (TPSA) is 57.8 Å². The molecule has 0 saturated heterocycles. The number of hydrogen-bond acceptors (Lipinski definition) is 3. The third-order valence-corrected chi connectivity index (χ3v) is 3.18. The molecule has 0 fully saturated rings. The van der Waals surface area contributed by atoms with Crippen LogP contribution in [0.5, 0.6) is 0 Å². The van der Waals surface area contributed by atoms with Crippen LogP contribution in [0.15, 0.2) is 4.79 Å². The number of nitrogens with zero attached hydrogens (tertiary/aromatic N) is 1. The molecule has 1 aromatic rings. The Bertz CT molecular complexity index is 426. The number of nitrogens with one attached hydrogen (secondary N) is 2. The van der Waals surface area contributed by atoms with Gasteiger partial charge in [-0.15, -0.1) is 0 Å². The van der Waals surface area contributed by atoms with Gasteiger partial charge in [0.25, 0.3) is 5.56 Å². The molecule has 1 aromatic heterocycles. The van der Waals surface area contributed by atoms with Crippen LogP contribution in [0.4, 0.5) is 0 Å². The quantitative estimate of drug-likeness (QED) is 0.732. The maximum Gasteiger partial charge on any atom is 0.255 e. The molecule has 1 rings (SSSR count). The number of rotatable bonds is 7. The van der Waals surface area contributed by atoms with Gasteiger partial charge in [0, 0.05) is 11.7 Å². The fraction of sp³-hybridized carbons (Fsp3) is 0.714. The van der Waals surface area contributed by atoms with Crippen LogP contribution in [0, 0.1) is 13.8 Å². The lowest BCUT2D eigenvalue weighted by atomic mass is 10.1. The highest BCUT2D eigenvalue weighted by Crippen LogP contribution is 2.10. The molecule has 0 spiro atoms. The molecule has 0 radical (unpaired) electrons. The lowest BCUT2D eigenvalue weighted by molar-refractivity contribution is 0.529. The molecule has 4 nitrogen and oxygen atoms in total. The van der Waals surface area contributed by atoms with E-state index in [1.807, 2.05) is 13.8 Å². The third kappa shape index (κ3) is 4.26. The summed E-state index contributed by atoms with van der Waals surface area (Å²) in [5.41, 5.74) is 1.56. The molecule has 0 aliphatic carbocycles. The molecule has 0 aliphatic rings. The molecule has 0 amide bonds. The average Bonchev–Trinajstić information content (AvgIpc) is 2.27. The van der Waals surface area contributed by atoms with Gasteiger partial charge in [0.2, 0.25) is 0 Å². The summed E-state index contributed by atoms with van der Waals surface area (Å²) in [4.78, 5) is 19.0. The van der Waals surface area contributed by atoms with Crippen LogP contribution < -0.4 is 10.9 Å². The second kappa shape index (κ2) is 7.31. The second-order valence-electron chi connectivity index (χ2n) is 4.89. The summed E-state index contributed by atoms with van der Waals surface area (Å²) in [7, 11) is 0. The Labute approximate surface area is 109 Å². The Kier molecular flexibility index (Phi) is 6.05. The SMILES string of the molecule is CCCCCCNC(C)c1c(C)nc(C)[nH]c1=O. The summed E-state index contributed by atoms with van der Waals surface area (Å²) < 4.78 is 0. The molecule has 0 aromatic carbocycles. The van der Waals surface area contributed by atoms with Crippen molar-refractivity contribution in [1.82, 2.24) is 15.3 Å². The summed E-state index contributed by atoms with van der Waals surface area (Å²) in [5, 5.41) is 3.40. The standard InChI is InChI=1S/C14H25N3O/c1-5-6-7-8-9-15-10(2)13-11(3)16-12(4)17-14(13)18/h10,15H,5-9H2,1-4H3,(H,16,17,18). The lowest BCUT2D eigenvalue weighted by Gasteiger charge is -2.15. The van der Waals surface area contributed by atoms with E-state index in [0.29, 0.717) is 5.82 Å². The summed E-state index contributed by atoms with van der Waals surface area (Å²) in [5.74, 6) is 0.677. The minimum absolute atomic E-state index is 0.0199. The number of aryl methyl sites for hydroxylation is 2. The second-order valence-corrected chi connectivity index (χ2v) is 4.89. The van der Waals surface area contributed by atoms with Gasteiger partial charge in [0.15, 0.2) is 0 Å². The number of aromatic amines is 1. The number of hydrogen-bond donors (Lipinski definition) is 2. The van der Waals surface area contributed by atoms with E-state index in [2.05, 4.69) is 22.2 Å². The number of H-pyrrole nitrogens is 1. The molecule has 1 atom stereocenters. The zero-order chi connectivity index (χ0) is 13.5. The highest BCUT2D eigenvalue weighted by atomic mass is 16.1. The van der Waals surface area contributed by atoms with Gasteiger partial charge in [0.1, 0.15) is 5.82 Å². The van der Waals surface area contributed by atoms with Crippen molar-refractivity contribution in [3.8, 4) is 0 Å². The van der Waals surface area contributed by atoms with Crippen LogP contribution in [0.25, 0.3) is 0 Å². The molecule has 0 bridgehead atoms. The maximum absolute atomic E-state index is 11.9. The van der Waals surface area contributed by atoms with Crippen LogP contribution in [0.2, 0.25) is 0 Å². The van der Waals surface area contributed by atoms with Gasteiger partial charge in [-0.1, -0.05) is 26.2 Å². The Morgan fingerprint density at radius 3 is 2.61 bits per heavy atom. The molecule has 102 valence electrons. The Balaban J connectivity index is 2.56. The molecule has 1 unspecified atom stereocenters.